The fourth-order valence-electron chi connectivity index (χ4n) is 2.79. The lowest BCUT2D eigenvalue weighted by molar-refractivity contribution is 0.415. The number of nitrogens with zero attached hydrogens (tertiary/aromatic N) is 1. The molecule has 1 atom stereocenters. The topological polar surface area (TPSA) is 45.0 Å². The zero-order valence-electron chi connectivity index (χ0n) is 11.6. The first-order chi connectivity index (χ1) is 10.2. The second-order valence-corrected chi connectivity index (χ2v) is 6.78. The molecule has 1 heterocycles. The molecule has 0 amide bonds. The van der Waals surface area contributed by atoms with Gasteiger partial charge in [-0.1, -0.05) is 17.7 Å². The van der Waals surface area contributed by atoms with E-state index in [1.807, 2.05) is 18.2 Å². The van der Waals surface area contributed by atoms with Crippen LogP contribution in [0.25, 0.3) is 0 Å². The number of nitriles is 1. The number of ether oxygens (including phenoxy) is 1. The van der Waals surface area contributed by atoms with Gasteiger partial charge in [0, 0.05) is 4.88 Å². The predicted octanol–water partition coefficient (Wildman–Crippen LogP) is 4.77. The number of hydrogen-bond donors (Lipinski definition) is 1. The molecule has 0 radical (unpaired) electrons. The van der Waals surface area contributed by atoms with Crippen LogP contribution in [-0.4, -0.2) is 7.11 Å². The molecule has 3 nitrogen and oxygen atoms in total. The smallest absolute Gasteiger partial charge is 0.143 e. The second kappa shape index (κ2) is 5.97. The minimum absolute atomic E-state index is 0.181. The lowest BCUT2D eigenvalue weighted by atomic mass is 9.93. The average molecular weight is 319 g/mol. The van der Waals surface area contributed by atoms with E-state index in [9.17, 15) is 5.26 Å². The van der Waals surface area contributed by atoms with Gasteiger partial charge in [0.2, 0.25) is 0 Å². The Morgan fingerprint density at radius 1 is 1.48 bits per heavy atom. The summed E-state index contributed by atoms with van der Waals surface area (Å²) in [6.45, 7) is 0. The fraction of sp³-hybridized carbons (Fsp3) is 0.312. The van der Waals surface area contributed by atoms with Crippen LogP contribution in [0.3, 0.4) is 0 Å². The quantitative estimate of drug-likeness (QED) is 0.886. The number of nitrogens with one attached hydrogen (secondary N) is 1. The van der Waals surface area contributed by atoms with Crippen molar-refractivity contribution in [3.63, 3.8) is 0 Å². The minimum atomic E-state index is 0.181. The van der Waals surface area contributed by atoms with E-state index in [1.54, 1.807) is 24.5 Å². The molecule has 1 aromatic heterocycles. The highest BCUT2D eigenvalue weighted by atomic mass is 35.5. The summed E-state index contributed by atoms with van der Waals surface area (Å²) < 4.78 is 6.21. The zero-order valence-corrected chi connectivity index (χ0v) is 13.2. The van der Waals surface area contributed by atoms with E-state index in [0.717, 1.165) is 29.3 Å². The average Bonchev–Trinajstić information content (AvgIpc) is 2.88. The first-order valence-electron chi connectivity index (χ1n) is 6.84. The van der Waals surface area contributed by atoms with E-state index >= 15 is 0 Å². The molecular weight excluding hydrogens is 304 g/mol. The number of fused-ring (bicyclic) bond motifs is 1. The Labute approximate surface area is 133 Å². The summed E-state index contributed by atoms with van der Waals surface area (Å²) in [6, 6.07) is 9.95. The molecule has 5 heteroatoms. The largest absolute Gasteiger partial charge is 0.495 e. The van der Waals surface area contributed by atoms with Gasteiger partial charge in [0.25, 0.3) is 0 Å². The summed E-state index contributed by atoms with van der Waals surface area (Å²) in [5, 5.41) is 12.8. The summed E-state index contributed by atoms with van der Waals surface area (Å²) >= 11 is 7.80. The third-order valence-corrected chi connectivity index (χ3v) is 5.11. The molecule has 0 fully saturated rings. The standard InChI is InChI=1S/C16H15ClN2OS/c1-20-13-6-2-4-10(9-18)16(13)19-12-5-3-7-14-11(12)8-15(17)21-14/h2,4,6,8,12,19H,3,5,7H2,1H3. The molecule has 1 unspecified atom stereocenters. The maximum absolute atomic E-state index is 9.30. The lowest BCUT2D eigenvalue weighted by Gasteiger charge is -2.26. The number of para-hydroxylation sites is 1. The van der Waals surface area contributed by atoms with Crippen molar-refractivity contribution >= 4 is 28.6 Å². The third kappa shape index (κ3) is 2.72. The molecule has 1 N–H and O–H groups in total. The van der Waals surface area contributed by atoms with Gasteiger partial charge in [-0.25, -0.2) is 0 Å². The number of anilines is 1. The number of rotatable bonds is 3. The highest BCUT2D eigenvalue weighted by molar-refractivity contribution is 7.16. The number of thiophene rings is 1. The van der Waals surface area contributed by atoms with Gasteiger partial charge in [0.1, 0.15) is 11.8 Å². The molecule has 3 rings (SSSR count). The number of benzene rings is 1. The number of aryl methyl sites for hydroxylation is 1. The molecule has 1 aromatic carbocycles. The van der Waals surface area contributed by atoms with E-state index in [1.165, 1.54) is 10.4 Å². The first kappa shape index (κ1) is 14.2. The first-order valence-corrected chi connectivity index (χ1v) is 8.04. The van der Waals surface area contributed by atoms with Crippen LogP contribution >= 0.6 is 22.9 Å². The van der Waals surface area contributed by atoms with Crippen LogP contribution in [0.5, 0.6) is 5.75 Å². The maximum Gasteiger partial charge on any atom is 0.143 e. The zero-order chi connectivity index (χ0) is 14.8. The SMILES string of the molecule is COc1cccc(C#N)c1NC1CCCc2sc(Cl)cc21. The Bertz CT molecular complexity index is 705. The summed E-state index contributed by atoms with van der Waals surface area (Å²) in [5.74, 6) is 0.697. The van der Waals surface area contributed by atoms with Crippen LogP contribution in [0.1, 0.15) is 34.9 Å². The van der Waals surface area contributed by atoms with Crippen LogP contribution in [0, 0.1) is 11.3 Å². The van der Waals surface area contributed by atoms with Gasteiger partial charge in [-0.2, -0.15) is 5.26 Å². The summed E-state index contributed by atoms with van der Waals surface area (Å²) in [7, 11) is 1.62. The summed E-state index contributed by atoms with van der Waals surface area (Å²) in [5.41, 5.74) is 2.62. The van der Waals surface area contributed by atoms with Gasteiger partial charge in [-0.3, -0.25) is 0 Å². The number of halogens is 1. The molecule has 2 aromatic rings. The fourth-order valence-corrected chi connectivity index (χ4v) is 4.17. The van der Waals surface area contributed by atoms with Gasteiger partial charge >= 0.3 is 0 Å². The van der Waals surface area contributed by atoms with Crippen molar-refractivity contribution in [2.75, 3.05) is 12.4 Å². The molecule has 0 saturated heterocycles. The Balaban J connectivity index is 1.97. The number of hydrogen-bond acceptors (Lipinski definition) is 4. The van der Waals surface area contributed by atoms with Crippen LogP contribution < -0.4 is 10.1 Å². The number of methoxy groups -OCH3 is 1. The maximum atomic E-state index is 9.30. The molecule has 108 valence electrons. The molecular formula is C16H15ClN2OS. The third-order valence-electron chi connectivity index (χ3n) is 3.77. The lowest BCUT2D eigenvalue weighted by Crippen LogP contribution is -2.16. The van der Waals surface area contributed by atoms with Gasteiger partial charge in [0.05, 0.1) is 28.7 Å². The van der Waals surface area contributed by atoms with Gasteiger partial charge < -0.3 is 10.1 Å². The molecule has 0 saturated carbocycles. The Hall–Kier alpha value is -1.70. The van der Waals surface area contributed by atoms with E-state index in [4.69, 9.17) is 16.3 Å². The van der Waals surface area contributed by atoms with Crippen LogP contribution in [0.4, 0.5) is 5.69 Å². The Morgan fingerprint density at radius 2 is 2.33 bits per heavy atom. The molecule has 21 heavy (non-hydrogen) atoms. The summed E-state index contributed by atoms with van der Waals surface area (Å²) in [6.07, 6.45) is 3.24. The molecule has 0 aliphatic heterocycles. The van der Waals surface area contributed by atoms with Gasteiger partial charge in [-0.15, -0.1) is 11.3 Å². The van der Waals surface area contributed by atoms with Gasteiger partial charge in [-0.05, 0) is 43.0 Å². The van der Waals surface area contributed by atoms with Gasteiger partial charge in [0.15, 0.2) is 0 Å². The normalized spacial score (nSPS) is 16.9. The van der Waals surface area contributed by atoms with Crippen molar-refractivity contribution in [3.8, 4) is 11.8 Å². The van der Waals surface area contributed by atoms with Crippen molar-refractivity contribution in [1.82, 2.24) is 0 Å². The van der Waals surface area contributed by atoms with Crippen molar-refractivity contribution in [1.29, 1.82) is 5.26 Å². The van der Waals surface area contributed by atoms with E-state index in [-0.39, 0.29) is 6.04 Å². The van der Waals surface area contributed by atoms with Crippen molar-refractivity contribution in [3.05, 3.63) is 44.6 Å². The monoisotopic (exact) mass is 318 g/mol. The van der Waals surface area contributed by atoms with Crippen molar-refractivity contribution < 1.29 is 4.74 Å². The Morgan fingerprint density at radius 3 is 3.10 bits per heavy atom. The Kier molecular flexibility index (Phi) is 4.05. The molecule has 1 aliphatic rings. The van der Waals surface area contributed by atoms with E-state index in [2.05, 4.69) is 11.4 Å². The molecule has 0 bridgehead atoms. The predicted molar refractivity (Wildman–Crippen MR) is 86.3 cm³/mol. The molecule has 1 aliphatic carbocycles. The van der Waals surface area contributed by atoms with Crippen LogP contribution in [-0.2, 0) is 6.42 Å². The van der Waals surface area contributed by atoms with Crippen LogP contribution in [0.2, 0.25) is 4.34 Å². The highest BCUT2D eigenvalue weighted by Gasteiger charge is 2.24. The van der Waals surface area contributed by atoms with E-state index < -0.39 is 0 Å². The van der Waals surface area contributed by atoms with Crippen molar-refractivity contribution in [2.24, 2.45) is 0 Å². The summed E-state index contributed by atoms with van der Waals surface area (Å²) in [4.78, 5) is 1.34. The van der Waals surface area contributed by atoms with Crippen LogP contribution in [0.15, 0.2) is 24.3 Å². The molecule has 0 spiro atoms. The second-order valence-electron chi connectivity index (χ2n) is 5.01. The van der Waals surface area contributed by atoms with Crippen molar-refractivity contribution in [2.45, 2.75) is 25.3 Å². The minimum Gasteiger partial charge on any atom is -0.495 e. The highest BCUT2D eigenvalue weighted by Crippen LogP contribution is 2.41. The van der Waals surface area contributed by atoms with E-state index in [0.29, 0.717) is 11.3 Å².